The van der Waals surface area contributed by atoms with Gasteiger partial charge in [-0.05, 0) is 63.6 Å². The number of rotatable bonds is 5. The molecule has 2 aromatic rings. The molecule has 28 heavy (non-hydrogen) atoms. The monoisotopic (exact) mass is 382 g/mol. The number of amides is 2. The average molecular weight is 382 g/mol. The van der Waals surface area contributed by atoms with Gasteiger partial charge in [-0.1, -0.05) is 18.2 Å². The first-order chi connectivity index (χ1) is 13.2. The maximum absolute atomic E-state index is 12.3. The standard InChI is InChI=1S/C22H26N2O4/c1-15(18-8-6-7-9-19(18)27-5)14-20(25)23-16-10-12-17(13-11-16)24-21(26)28-22(2,3)4/h6-14H,1-5H3,(H,23,25)(H,24,26)/b15-14+. The molecule has 0 aliphatic carbocycles. The predicted molar refractivity (Wildman–Crippen MR) is 112 cm³/mol. The van der Waals surface area contributed by atoms with E-state index in [2.05, 4.69) is 10.6 Å². The summed E-state index contributed by atoms with van der Waals surface area (Å²) in [4.78, 5) is 24.1. The van der Waals surface area contributed by atoms with Crippen molar-refractivity contribution in [2.45, 2.75) is 33.3 Å². The van der Waals surface area contributed by atoms with Gasteiger partial charge in [-0.25, -0.2) is 4.79 Å². The second kappa shape index (κ2) is 9.08. The molecule has 0 aliphatic heterocycles. The Labute approximate surface area is 165 Å². The molecule has 0 aliphatic rings. The number of allylic oxidation sites excluding steroid dienone is 1. The molecule has 0 radical (unpaired) electrons. The minimum absolute atomic E-state index is 0.253. The van der Waals surface area contributed by atoms with Gasteiger partial charge in [0, 0.05) is 23.0 Å². The summed E-state index contributed by atoms with van der Waals surface area (Å²) >= 11 is 0. The van der Waals surface area contributed by atoms with Crippen LogP contribution in [0.4, 0.5) is 16.2 Å². The number of carbonyl (C=O) groups excluding carboxylic acids is 2. The van der Waals surface area contributed by atoms with Crippen molar-refractivity contribution in [3.63, 3.8) is 0 Å². The molecule has 0 fully saturated rings. The lowest BCUT2D eigenvalue weighted by Gasteiger charge is -2.19. The SMILES string of the molecule is COc1ccccc1/C(C)=C/C(=O)Nc1ccc(NC(=O)OC(C)(C)C)cc1. The number of methoxy groups -OCH3 is 1. The Morgan fingerprint density at radius 3 is 2.07 bits per heavy atom. The molecule has 0 aromatic heterocycles. The Morgan fingerprint density at radius 1 is 0.929 bits per heavy atom. The van der Waals surface area contributed by atoms with Gasteiger partial charge in [0.25, 0.3) is 0 Å². The van der Waals surface area contributed by atoms with Gasteiger partial charge in [-0.3, -0.25) is 10.1 Å². The highest BCUT2D eigenvalue weighted by Gasteiger charge is 2.16. The van der Waals surface area contributed by atoms with E-state index < -0.39 is 11.7 Å². The van der Waals surface area contributed by atoms with Crippen LogP contribution in [0.5, 0.6) is 5.75 Å². The maximum Gasteiger partial charge on any atom is 0.412 e. The molecule has 0 saturated heterocycles. The van der Waals surface area contributed by atoms with Crippen molar-refractivity contribution < 1.29 is 19.1 Å². The largest absolute Gasteiger partial charge is 0.496 e. The van der Waals surface area contributed by atoms with Crippen LogP contribution < -0.4 is 15.4 Å². The molecule has 2 rings (SSSR count). The van der Waals surface area contributed by atoms with E-state index >= 15 is 0 Å². The molecule has 2 amide bonds. The molecule has 0 unspecified atom stereocenters. The molecule has 148 valence electrons. The summed E-state index contributed by atoms with van der Waals surface area (Å²) in [5.41, 5.74) is 2.27. The van der Waals surface area contributed by atoms with Gasteiger partial charge >= 0.3 is 6.09 Å². The van der Waals surface area contributed by atoms with Crippen molar-refractivity contribution in [1.82, 2.24) is 0 Å². The molecule has 0 atom stereocenters. The van der Waals surface area contributed by atoms with E-state index in [4.69, 9.17) is 9.47 Å². The van der Waals surface area contributed by atoms with Crippen molar-refractivity contribution in [3.05, 3.63) is 60.2 Å². The Hall–Kier alpha value is -3.28. The number of ether oxygens (including phenoxy) is 2. The number of carbonyl (C=O) groups is 2. The first-order valence-electron chi connectivity index (χ1n) is 8.90. The molecule has 6 heteroatoms. The Balaban J connectivity index is 2.00. The minimum atomic E-state index is -0.566. The van der Waals surface area contributed by atoms with Crippen molar-refractivity contribution in [1.29, 1.82) is 0 Å². The number of benzene rings is 2. The summed E-state index contributed by atoms with van der Waals surface area (Å²) in [6.07, 6.45) is 0.990. The fourth-order valence-electron chi connectivity index (χ4n) is 2.48. The molecular weight excluding hydrogens is 356 g/mol. The molecule has 0 bridgehead atoms. The third-order valence-corrected chi connectivity index (χ3v) is 3.68. The lowest BCUT2D eigenvalue weighted by atomic mass is 10.1. The highest BCUT2D eigenvalue weighted by Crippen LogP contribution is 2.25. The van der Waals surface area contributed by atoms with Gasteiger partial charge in [0.1, 0.15) is 11.4 Å². The third kappa shape index (κ3) is 6.46. The van der Waals surface area contributed by atoms with Crippen molar-refractivity contribution in [2.24, 2.45) is 0 Å². The summed E-state index contributed by atoms with van der Waals surface area (Å²) in [5.74, 6) is 0.456. The van der Waals surface area contributed by atoms with Gasteiger partial charge in [-0.15, -0.1) is 0 Å². The van der Waals surface area contributed by atoms with Crippen molar-refractivity contribution in [3.8, 4) is 5.75 Å². The number of hydrogen-bond donors (Lipinski definition) is 2. The van der Waals surface area contributed by atoms with Gasteiger partial charge in [-0.2, -0.15) is 0 Å². The van der Waals surface area contributed by atoms with Gasteiger partial charge in [0.05, 0.1) is 7.11 Å². The second-order valence-electron chi connectivity index (χ2n) is 7.22. The Bertz CT molecular complexity index is 865. The molecular formula is C22H26N2O4. The summed E-state index contributed by atoms with van der Waals surface area (Å²) in [6.45, 7) is 7.24. The molecule has 2 N–H and O–H groups in total. The average Bonchev–Trinajstić information content (AvgIpc) is 2.61. The zero-order chi connectivity index (χ0) is 20.7. The number of nitrogens with one attached hydrogen (secondary N) is 2. The fraction of sp³-hybridized carbons (Fsp3) is 0.273. The van der Waals surface area contributed by atoms with Crippen LogP contribution >= 0.6 is 0 Å². The van der Waals surface area contributed by atoms with Crippen LogP contribution in [0.1, 0.15) is 33.3 Å². The first kappa shape index (κ1) is 21.0. The summed E-state index contributed by atoms with van der Waals surface area (Å²) < 4.78 is 10.5. The van der Waals surface area contributed by atoms with E-state index in [1.807, 2.05) is 31.2 Å². The molecule has 0 spiro atoms. The molecule has 0 saturated carbocycles. The van der Waals surface area contributed by atoms with E-state index in [0.717, 1.165) is 11.1 Å². The van der Waals surface area contributed by atoms with Crippen LogP contribution in [0, 0.1) is 0 Å². The van der Waals surface area contributed by atoms with Gasteiger partial charge < -0.3 is 14.8 Å². The van der Waals surface area contributed by atoms with E-state index in [9.17, 15) is 9.59 Å². The van der Waals surface area contributed by atoms with E-state index in [1.165, 1.54) is 6.08 Å². The highest BCUT2D eigenvalue weighted by molar-refractivity contribution is 6.04. The maximum atomic E-state index is 12.3. The number of hydrogen-bond acceptors (Lipinski definition) is 4. The Kier molecular flexibility index (Phi) is 6.82. The van der Waals surface area contributed by atoms with Crippen molar-refractivity contribution in [2.75, 3.05) is 17.7 Å². The lowest BCUT2D eigenvalue weighted by Crippen LogP contribution is -2.27. The van der Waals surface area contributed by atoms with E-state index in [1.54, 1.807) is 52.1 Å². The number of para-hydroxylation sites is 1. The fourth-order valence-corrected chi connectivity index (χ4v) is 2.48. The van der Waals surface area contributed by atoms with Crippen LogP contribution in [0.15, 0.2) is 54.6 Å². The first-order valence-corrected chi connectivity index (χ1v) is 8.90. The second-order valence-corrected chi connectivity index (χ2v) is 7.22. The normalized spacial score (nSPS) is 11.5. The van der Waals surface area contributed by atoms with E-state index in [0.29, 0.717) is 17.1 Å². The van der Waals surface area contributed by atoms with Crippen LogP contribution in [-0.4, -0.2) is 24.7 Å². The van der Waals surface area contributed by atoms with Gasteiger partial charge in [0.15, 0.2) is 0 Å². The Morgan fingerprint density at radius 2 is 1.50 bits per heavy atom. The minimum Gasteiger partial charge on any atom is -0.496 e. The topological polar surface area (TPSA) is 76.7 Å². The summed E-state index contributed by atoms with van der Waals surface area (Å²) in [7, 11) is 1.60. The van der Waals surface area contributed by atoms with E-state index in [-0.39, 0.29) is 5.91 Å². The van der Waals surface area contributed by atoms with Crippen LogP contribution in [-0.2, 0) is 9.53 Å². The summed E-state index contributed by atoms with van der Waals surface area (Å²) in [5, 5.41) is 5.44. The van der Waals surface area contributed by atoms with Crippen LogP contribution in [0.25, 0.3) is 5.57 Å². The highest BCUT2D eigenvalue weighted by atomic mass is 16.6. The zero-order valence-electron chi connectivity index (χ0n) is 16.8. The zero-order valence-corrected chi connectivity index (χ0v) is 16.8. The van der Waals surface area contributed by atoms with Crippen LogP contribution in [0.3, 0.4) is 0 Å². The molecule has 0 heterocycles. The van der Waals surface area contributed by atoms with Gasteiger partial charge in [0.2, 0.25) is 5.91 Å². The summed E-state index contributed by atoms with van der Waals surface area (Å²) in [6, 6.07) is 14.3. The quantitative estimate of drug-likeness (QED) is 0.707. The van der Waals surface area contributed by atoms with Crippen LogP contribution in [0.2, 0.25) is 0 Å². The third-order valence-electron chi connectivity index (χ3n) is 3.68. The van der Waals surface area contributed by atoms with Crippen molar-refractivity contribution >= 4 is 28.9 Å². The lowest BCUT2D eigenvalue weighted by molar-refractivity contribution is -0.111. The smallest absolute Gasteiger partial charge is 0.412 e. The molecule has 6 nitrogen and oxygen atoms in total. The molecule has 2 aromatic carbocycles. The predicted octanol–water partition coefficient (Wildman–Crippen LogP) is 5.08. The number of anilines is 2.